The molecule has 0 atom stereocenters. The first-order chi connectivity index (χ1) is 12.2. The van der Waals surface area contributed by atoms with Crippen LogP contribution in [0.25, 0.3) is 11.0 Å². The van der Waals surface area contributed by atoms with Crippen molar-refractivity contribution >= 4 is 11.0 Å². The van der Waals surface area contributed by atoms with Gasteiger partial charge in [0.05, 0.1) is 23.8 Å². The quantitative estimate of drug-likeness (QED) is 0.790. The maximum absolute atomic E-state index is 5.29. The number of aryl methyl sites for hydroxylation is 1. The highest BCUT2D eigenvalue weighted by molar-refractivity contribution is 5.78. The van der Waals surface area contributed by atoms with Crippen molar-refractivity contribution in [1.29, 1.82) is 0 Å². The summed E-state index contributed by atoms with van der Waals surface area (Å²) in [6.07, 6.45) is 4.07. The number of likely N-dealkylation sites (tertiary alicyclic amines) is 1. The molecule has 1 saturated heterocycles. The molecule has 5 nitrogen and oxygen atoms in total. The third-order valence-electron chi connectivity index (χ3n) is 5.12. The smallest absolute Gasteiger partial charge is 0.122 e. The molecule has 1 aromatic carbocycles. The van der Waals surface area contributed by atoms with E-state index in [1.807, 2.05) is 18.3 Å². The molecule has 130 valence electrons. The largest absolute Gasteiger partial charge is 0.497 e. The van der Waals surface area contributed by atoms with Crippen molar-refractivity contribution in [2.24, 2.45) is 0 Å². The number of nitrogens with one attached hydrogen (secondary N) is 1. The SMILES string of the molecule is COc1ccnc(CN2CCC(c3nc4c(C)cccc4[nH]3)CC2)c1. The third kappa shape index (κ3) is 3.37. The molecule has 0 spiro atoms. The summed E-state index contributed by atoms with van der Waals surface area (Å²) in [6.45, 7) is 5.14. The molecule has 1 fully saturated rings. The fourth-order valence-corrected chi connectivity index (χ4v) is 3.65. The summed E-state index contributed by atoms with van der Waals surface area (Å²) in [7, 11) is 1.69. The van der Waals surface area contributed by atoms with E-state index < -0.39 is 0 Å². The molecule has 4 rings (SSSR count). The number of piperidine rings is 1. The Labute approximate surface area is 148 Å². The minimum Gasteiger partial charge on any atom is -0.497 e. The molecule has 0 amide bonds. The zero-order valence-electron chi connectivity index (χ0n) is 14.8. The molecule has 0 bridgehead atoms. The van der Waals surface area contributed by atoms with Gasteiger partial charge in [0.25, 0.3) is 0 Å². The van der Waals surface area contributed by atoms with E-state index in [4.69, 9.17) is 9.72 Å². The molecule has 1 aliphatic rings. The molecule has 0 saturated carbocycles. The van der Waals surface area contributed by atoms with Gasteiger partial charge in [0, 0.05) is 24.7 Å². The van der Waals surface area contributed by atoms with Gasteiger partial charge < -0.3 is 9.72 Å². The molecule has 25 heavy (non-hydrogen) atoms. The molecule has 1 N–H and O–H groups in total. The van der Waals surface area contributed by atoms with Gasteiger partial charge in [0.15, 0.2) is 0 Å². The maximum Gasteiger partial charge on any atom is 0.122 e. The maximum atomic E-state index is 5.29. The van der Waals surface area contributed by atoms with Crippen LogP contribution in [0.4, 0.5) is 0 Å². The summed E-state index contributed by atoms with van der Waals surface area (Å²) in [5.41, 5.74) is 4.57. The zero-order chi connectivity index (χ0) is 17.2. The van der Waals surface area contributed by atoms with Crippen LogP contribution in [0.3, 0.4) is 0 Å². The van der Waals surface area contributed by atoms with E-state index in [-0.39, 0.29) is 0 Å². The van der Waals surface area contributed by atoms with Crippen molar-refractivity contribution in [2.45, 2.75) is 32.2 Å². The van der Waals surface area contributed by atoms with Crippen LogP contribution in [0.2, 0.25) is 0 Å². The Balaban J connectivity index is 1.41. The van der Waals surface area contributed by atoms with Crippen LogP contribution >= 0.6 is 0 Å². The predicted molar refractivity (Wildman–Crippen MR) is 98.9 cm³/mol. The van der Waals surface area contributed by atoms with Crippen LogP contribution in [0.15, 0.2) is 36.5 Å². The first-order valence-corrected chi connectivity index (χ1v) is 8.89. The lowest BCUT2D eigenvalue weighted by molar-refractivity contribution is 0.200. The Morgan fingerprint density at radius 1 is 1.24 bits per heavy atom. The molecule has 0 radical (unpaired) electrons. The van der Waals surface area contributed by atoms with Crippen LogP contribution in [-0.4, -0.2) is 40.1 Å². The van der Waals surface area contributed by atoms with Crippen molar-refractivity contribution in [3.05, 3.63) is 53.6 Å². The van der Waals surface area contributed by atoms with E-state index in [2.05, 4.69) is 40.0 Å². The van der Waals surface area contributed by atoms with E-state index >= 15 is 0 Å². The first-order valence-electron chi connectivity index (χ1n) is 8.89. The molecule has 2 aromatic heterocycles. The molecule has 3 heterocycles. The average molecular weight is 336 g/mol. The summed E-state index contributed by atoms with van der Waals surface area (Å²) in [4.78, 5) is 15.3. The molecule has 0 aliphatic carbocycles. The summed E-state index contributed by atoms with van der Waals surface area (Å²) in [5, 5.41) is 0. The van der Waals surface area contributed by atoms with E-state index in [1.165, 1.54) is 5.56 Å². The predicted octanol–water partition coefficient (Wildman–Crippen LogP) is 3.65. The van der Waals surface area contributed by atoms with Gasteiger partial charge in [-0.3, -0.25) is 9.88 Å². The standard InChI is InChI=1S/C20H24N4O/c1-14-4-3-5-18-19(14)23-20(22-18)15-7-10-24(11-8-15)13-16-12-17(25-2)6-9-21-16/h3-6,9,12,15H,7-8,10-11,13H2,1-2H3,(H,22,23). The van der Waals surface area contributed by atoms with Gasteiger partial charge in [-0.1, -0.05) is 12.1 Å². The van der Waals surface area contributed by atoms with E-state index in [1.54, 1.807) is 7.11 Å². The van der Waals surface area contributed by atoms with Gasteiger partial charge >= 0.3 is 0 Å². The highest BCUT2D eigenvalue weighted by Crippen LogP contribution is 2.29. The Hall–Kier alpha value is -2.40. The molecule has 1 aliphatic heterocycles. The van der Waals surface area contributed by atoms with Gasteiger partial charge in [0.2, 0.25) is 0 Å². The Morgan fingerprint density at radius 2 is 2.08 bits per heavy atom. The number of aromatic amines is 1. The Kier molecular flexibility index (Phi) is 4.40. The minimum absolute atomic E-state index is 0.515. The number of rotatable bonds is 4. The van der Waals surface area contributed by atoms with Crippen LogP contribution < -0.4 is 4.74 Å². The van der Waals surface area contributed by atoms with Crippen molar-refractivity contribution < 1.29 is 4.74 Å². The number of aromatic nitrogens is 3. The van der Waals surface area contributed by atoms with Crippen molar-refractivity contribution in [2.75, 3.05) is 20.2 Å². The van der Waals surface area contributed by atoms with Crippen molar-refractivity contribution in [3.8, 4) is 5.75 Å². The van der Waals surface area contributed by atoms with E-state index in [0.717, 1.165) is 60.8 Å². The summed E-state index contributed by atoms with van der Waals surface area (Å²) >= 11 is 0. The van der Waals surface area contributed by atoms with Crippen LogP contribution in [0.5, 0.6) is 5.75 Å². The van der Waals surface area contributed by atoms with Crippen molar-refractivity contribution in [3.63, 3.8) is 0 Å². The fourth-order valence-electron chi connectivity index (χ4n) is 3.65. The van der Waals surface area contributed by atoms with Gasteiger partial charge in [-0.2, -0.15) is 0 Å². The summed E-state index contributed by atoms with van der Waals surface area (Å²) in [5.74, 6) is 2.53. The summed E-state index contributed by atoms with van der Waals surface area (Å²) < 4.78 is 5.29. The van der Waals surface area contributed by atoms with Gasteiger partial charge in [0.1, 0.15) is 11.6 Å². The third-order valence-corrected chi connectivity index (χ3v) is 5.12. The van der Waals surface area contributed by atoms with Crippen molar-refractivity contribution in [1.82, 2.24) is 19.9 Å². The number of hydrogen-bond acceptors (Lipinski definition) is 4. The Bertz CT molecular complexity index is 865. The number of hydrogen-bond donors (Lipinski definition) is 1. The molecule has 0 unspecified atom stereocenters. The molecular weight excluding hydrogens is 312 g/mol. The van der Waals surface area contributed by atoms with Gasteiger partial charge in [-0.15, -0.1) is 0 Å². The topological polar surface area (TPSA) is 54.0 Å². The monoisotopic (exact) mass is 336 g/mol. The second-order valence-corrected chi connectivity index (χ2v) is 6.83. The zero-order valence-corrected chi connectivity index (χ0v) is 14.8. The number of methoxy groups -OCH3 is 1. The fraction of sp³-hybridized carbons (Fsp3) is 0.400. The molecule has 5 heteroatoms. The van der Waals surface area contributed by atoms with E-state index in [0.29, 0.717) is 5.92 Å². The second-order valence-electron chi connectivity index (χ2n) is 6.83. The lowest BCUT2D eigenvalue weighted by Crippen LogP contribution is -2.33. The van der Waals surface area contributed by atoms with Crippen LogP contribution in [0.1, 0.15) is 35.8 Å². The number of ether oxygens (including phenoxy) is 1. The van der Waals surface area contributed by atoms with Crippen LogP contribution in [0, 0.1) is 6.92 Å². The number of pyridine rings is 1. The second kappa shape index (κ2) is 6.84. The number of nitrogens with zero attached hydrogens (tertiary/aromatic N) is 3. The van der Waals surface area contributed by atoms with E-state index in [9.17, 15) is 0 Å². The molecular formula is C20H24N4O. The lowest BCUT2D eigenvalue weighted by atomic mass is 9.96. The summed E-state index contributed by atoms with van der Waals surface area (Å²) in [6, 6.07) is 10.2. The minimum atomic E-state index is 0.515. The van der Waals surface area contributed by atoms with Gasteiger partial charge in [-0.25, -0.2) is 4.98 Å². The normalized spacial score (nSPS) is 16.4. The molecule has 3 aromatic rings. The van der Waals surface area contributed by atoms with Crippen LogP contribution in [-0.2, 0) is 6.54 Å². The highest BCUT2D eigenvalue weighted by atomic mass is 16.5. The lowest BCUT2D eigenvalue weighted by Gasteiger charge is -2.30. The highest BCUT2D eigenvalue weighted by Gasteiger charge is 2.23. The van der Waals surface area contributed by atoms with Gasteiger partial charge in [-0.05, 0) is 50.6 Å². The average Bonchev–Trinajstić information content (AvgIpc) is 3.08. The number of imidazole rings is 1. The number of H-pyrrole nitrogens is 1. The number of para-hydroxylation sites is 1. The number of benzene rings is 1. The Morgan fingerprint density at radius 3 is 2.84 bits per heavy atom. The number of fused-ring (bicyclic) bond motifs is 1. The first kappa shape index (κ1) is 16.1.